The molecule has 0 saturated carbocycles. The predicted molar refractivity (Wildman–Crippen MR) is 73.2 cm³/mol. The maximum Gasteiger partial charge on any atom is 0.274 e. The van der Waals surface area contributed by atoms with E-state index in [4.69, 9.17) is 17.3 Å². The molecule has 0 radical (unpaired) electrons. The molecule has 3 rings (SSSR count). The van der Waals surface area contributed by atoms with Gasteiger partial charge in [0.1, 0.15) is 0 Å². The minimum atomic E-state index is -0.212. The van der Waals surface area contributed by atoms with E-state index in [1.54, 1.807) is 25.1 Å². The first-order valence-electron chi connectivity index (χ1n) is 5.56. The summed E-state index contributed by atoms with van der Waals surface area (Å²) in [5.41, 5.74) is 7.37. The van der Waals surface area contributed by atoms with Crippen molar-refractivity contribution in [3.8, 4) is 11.4 Å². The van der Waals surface area contributed by atoms with Gasteiger partial charge in [-0.2, -0.15) is 9.50 Å². The monoisotopic (exact) mass is 275 g/mol. The molecule has 0 amide bonds. The molecule has 96 valence electrons. The lowest BCUT2D eigenvalue weighted by Crippen LogP contribution is -2.14. The zero-order chi connectivity index (χ0) is 13.6. The number of nitrogens with zero attached hydrogens (tertiary/aromatic N) is 3. The van der Waals surface area contributed by atoms with Crippen LogP contribution >= 0.6 is 11.6 Å². The highest BCUT2D eigenvalue weighted by Gasteiger charge is 2.09. The molecule has 2 aromatic heterocycles. The standard InChI is InChI=1S/C12H10ClN5O/c1-6-2-10(19)18-12(15-6)16-11(17-18)7-3-8(13)5-9(14)4-7/h2-5H,14H2,1H3,(H,15,16,17). The van der Waals surface area contributed by atoms with Gasteiger partial charge >= 0.3 is 0 Å². The maximum absolute atomic E-state index is 11.8. The van der Waals surface area contributed by atoms with Gasteiger partial charge in [0.05, 0.1) is 0 Å². The van der Waals surface area contributed by atoms with E-state index >= 15 is 0 Å². The second-order valence-electron chi connectivity index (χ2n) is 4.22. The lowest BCUT2D eigenvalue weighted by Gasteiger charge is -1.99. The lowest BCUT2D eigenvalue weighted by atomic mass is 10.2. The molecule has 2 heterocycles. The first-order valence-corrected chi connectivity index (χ1v) is 5.93. The van der Waals surface area contributed by atoms with E-state index in [0.717, 1.165) is 0 Å². The van der Waals surface area contributed by atoms with Crippen LogP contribution in [0.2, 0.25) is 5.02 Å². The number of rotatable bonds is 1. The average Bonchev–Trinajstić information content (AvgIpc) is 2.71. The number of nitrogen functional groups attached to an aromatic ring is 1. The van der Waals surface area contributed by atoms with E-state index in [-0.39, 0.29) is 5.56 Å². The van der Waals surface area contributed by atoms with Gasteiger partial charge in [-0.3, -0.25) is 9.89 Å². The summed E-state index contributed by atoms with van der Waals surface area (Å²) in [5, 5.41) is 3.38. The number of nitrogens with one attached hydrogen (secondary N) is 1. The van der Waals surface area contributed by atoms with E-state index in [0.29, 0.717) is 33.6 Å². The fourth-order valence-corrected chi connectivity index (χ4v) is 2.11. The van der Waals surface area contributed by atoms with Crippen molar-refractivity contribution in [2.75, 3.05) is 5.73 Å². The molecule has 0 aliphatic rings. The highest BCUT2D eigenvalue weighted by Crippen LogP contribution is 2.23. The van der Waals surface area contributed by atoms with Gasteiger partial charge in [0.15, 0.2) is 5.82 Å². The molecule has 19 heavy (non-hydrogen) atoms. The van der Waals surface area contributed by atoms with E-state index < -0.39 is 0 Å². The Kier molecular flexibility index (Phi) is 2.53. The van der Waals surface area contributed by atoms with Crippen LogP contribution in [-0.2, 0) is 0 Å². The van der Waals surface area contributed by atoms with Crippen molar-refractivity contribution in [1.29, 1.82) is 0 Å². The molecule has 0 fully saturated rings. The number of aryl methyl sites for hydroxylation is 1. The van der Waals surface area contributed by atoms with Gasteiger partial charge in [-0.05, 0) is 25.1 Å². The molecule has 0 aliphatic heterocycles. The highest BCUT2D eigenvalue weighted by atomic mass is 35.5. The normalized spacial score (nSPS) is 11.1. The van der Waals surface area contributed by atoms with Crippen LogP contribution in [0.1, 0.15) is 5.69 Å². The minimum Gasteiger partial charge on any atom is -0.399 e. The second-order valence-corrected chi connectivity index (χ2v) is 4.65. The molecular weight excluding hydrogens is 266 g/mol. The summed E-state index contributed by atoms with van der Waals surface area (Å²) < 4.78 is 1.28. The van der Waals surface area contributed by atoms with Gasteiger partial charge in [-0.15, -0.1) is 0 Å². The molecule has 0 bridgehead atoms. The number of anilines is 1. The molecule has 6 nitrogen and oxygen atoms in total. The largest absolute Gasteiger partial charge is 0.399 e. The van der Waals surface area contributed by atoms with Gasteiger partial charge in [-0.1, -0.05) is 11.6 Å². The van der Waals surface area contributed by atoms with Crippen LogP contribution in [0, 0.1) is 6.92 Å². The van der Waals surface area contributed by atoms with Crippen LogP contribution in [0.3, 0.4) is 0 Å². The quantitative estimate of drug-likeness (QED) is 0.661. The summed E-state index contributed by atoms with van der Waals surface area (Å²) in [4.78, 5) is 20.2. The SMILES string of the molecule is Cc1cc(=O)n2[nH]c(-c3cc(N)cc(Cl)c3)nc2n1. The third-order valence-corrected chi connectivity index (χ3v) is 2.87. The molecular formula is C12H10ClN5O. The van der Waals surface area contributed by atoms with E-state index in [2.05, 4.69) is 15.1 Å². The van der Waals surface area contributed by atoms with Crippen LogP contribution in [0.15, 0.2) is 29.1 Å². The number of hydrogen-bond acceptors (Lipinski definition) is 4. The Morgan fingerprint density at radius 1 is 1.26 bits per heavy atom. The Morgan fingerprint density at radius 3 is 2.79 bits per heavy atom. The van der Waals surface area contributed by atoms with Gasteiger partial charge in [-0.25, -0.2) is 4.98 Å². The first-order chi connectivity index (χ1) is 9.02. The number of aromatic nitrogens is 4. The average molecular weight is 276 g/mol. The number of H-pyrrole nitrogens is 1. The number of hydrogen-bond donors (Lipinski definition) is 2. The van der Waals surface area contributed by atoms with Gasteiger partial charge in [0, 0.05) is 28.0 Å². The van der Waals surface area contributed by atoms with Crippen molar-refractivity contribution in [2.24, 2.45) is 0 Å². The summed E-state index contributed by atoms with van der Waals surface area (Å²) in [6, 6.07) is 6.51. The third-order valence-electron chi connectivity index (χ3n) is 2.65. The number of benzene rings is 1. The molecule has 0 saturated heterocycles. The minimum absolute atomic E-state index is 0.212. The molecule has 0 unspecified atom stereocenters. The van der Waals surface area contributed by atoms with Crippen LogP contribution in [-0.4, -0.2) is 19.6 Å². The predicted octanol–water partition coefficient (Wildman–Crippen LogP) is 1.63. The second kappa shape index (κ2) is 4.10. The van der Waals surface area contributed by atoms with Crippen molar-refractivity contribution in [2.45, 2.75) is 6.92 Å². The summed E-state index contributed by atoms with van der Waals surface area (Å²) in [7, 11) is 0. The highest BCUT2D eigenvalue weighted by molar-refractivity contribution is 6.31. The van der Waals surface area contributed by atoms with E-state index in [1.165, 1.54) is 10.6 Å². The van der Waals surface area contributed by atoms with Crippen molar-refractivity contribution in [1.82, 2.24) is 19.6 Å². The van der Waals surface area contributed by atoms with Gasteiger partial charge in [0.25, 0.3) is 11.3 Å². The topological polar surface area (TPSA) is 89.1 Å². The van der Waals surface area contributed by atoms with Crippen molar-refractivity contribution in [3.63, 3.8) is 0 Å². The number of aromatic amines is 1. The Bertz CT molecular complexity index is 815. The first kappa shape index (κ1) is 11.7. The Balaban J connectivity index is 2.26. The fourth-order valence-electron chi connectivity index (χ4n) is 1.87. The van der Waals surface area contributed by atoms with Crippen molar-refractivity contribution < 1.29 is 0 Å². The number of nitrogens with two attached hydrogens (primary N) is 1. The van der Waals surface area contributed by atoms with Crippen molar-refractivity contribution >= 4 is 23.1 Å². The van der Waals surface area contributed by atoms with Crippen LogP contribution in [0.4, 0.5) is 5.69 Å². The summed E-state index contributed by atoms with van der Waals surface area (Å²) >= 11 is 5.95. The smallest absolute Gasteiger partial charge is 0.274 e. The molecule has 3 aromatic rings. The molecule has 7 heteroatoms. The van der Waals surface area contributed by atoms with Gasteiger partial charge in [0.2, 0.25) is 0 Å². The lowest BCUT2D eigenvalue weighted by molar-refractivity contribution is 0.892. The van der Waals surface area contributed by atoms with Crippen LogP contribution < -0.4 is 11.3 Å². The van der Waals surface area contributed by atoms with Gasteiger partial charge < -0.3 is 5.73 Å². The Labute approximate surface area is 112 Å². The molecule has 1 aromatic carbocycles. The molecule has 0 aliphatic carbocycles. The number of fused-ring (bicyclic) bond motifs is 1. The fraction of sp³-hybridized carbons (Fsp3) is 0.0833. The van der Waals surface area contributed by atoms with E-state index in [1.807, 2.05) is 0 Å². The summed E-state index contributed by atoms with van der Waals surface area (Å²) in [5.74, 6) is 0.808. The summed E-state index contributed by atoms with van der Waals surface area (Å²) in [6.07, 6.45) is 0. The molecule has 3 N–H and O–H groups in total. The maximum atomic E-state index is 11.8. The molecule has 0 atom stereocenters. The Morgan fingerprint density at radius 2 is 2.05 bits per heavy atom. The zero-order valence-electron chi connectivity index (χ0n) is 10.0. The van der Waals surface area contributed by atoms with Crippen LogP contribution in [0.5, 0.6) is 0 Å². The number of halogens is 1. The van der Waals surface area contributed by atoms with E-state index in [9.17, 15) is 4.79 Å². The van der Waals surface area contributed by atoms with Crippen LogP contribution in [0.25, 0.3) is 17.2 Å². The Hall–Kier alpha value is -2.34. The molecule has 0 spiro atoms. The third kappa shape index (κ3) is 2.06. The zero-order valence-corrected chi connectivity index (χ0v) is 10.8. The summed E-state index contributed by atoms with van der Waals surface area (Å²) in [6.45, 7) is 1.74. The van der Waals surface area contributed by atoms with Crippen molar-refractivity contribution in [3.05, 3.63) is 45.3 Å².